The first-order valence-electron chi connectivity index (χ1n) is 9.01. The van der Waals surface area contributed by atoms with Crippen LogP contribution in [0.5, 0.6) is 0 Å². The molecule has 0 fully saturated rings. The van der Waals surface area contributed by atoms with Crippen LogP contribution in [0.25, 0.3) is 11.0 Å². The topological polar surface area (TPSA) is 52.0 Å². The number of rotatable bonds is 6. The minimum absolute atomic E-state index is 0.0728. The molecule has 1 amide bonds. The van der Waals surface area contributed by atoms with Crippen molar-refractivity contribution < 1.29 is 9.36 Å². The van der Waals surface area contributed by atoms with Crippen molar-refractivity contribution in [1.29, 1.82) is 0 Å². The van der Waals surface area contributed by atoms with Crippen LogP contribution in [0.3, 0.4) is 0 Å². The molecule has 1 heterocycles. The van der Waals surface area contributed by atoms with Gasteiger partial charge in [-0.2, -0.15) is 0 Å². The summed E-state index contributed by atoms with van der Waals surface area (Å²) in [6.45, 7) is 0. The number of nitrogens with one attached hydrogen (secondary N) is 2. The number of hydrazine groups is 1. The SMILES string of the molecule is C[n+]1c(SCC(=O)NN(c2ccccc2)c2ccccc2)[nH]c2ccccc21. The van der Waals surface area contributed by atoms with Crippen molar-refractivity contribution in [2.45, 2.75) is 5.16 Å². The monoisotopic (exact) mass is 389 g/mol. The third kappa shape index (κ3) is 3.87. The molecule has 28 heavy (non-hydrogen) atoms. The minimum atomic E-state index is -0.0728. The van der Waals surface area contributed by atoms with Gasteiger partial charge in [-0.25, -0.2) is 9.55 Å². The summed E-state index contributed by atoms with van der Waals surface area (Å²) in [5.74, 6) is 0.230. The Morgan fingerprint density at radius 3 is 2.11 bits per heavy atom. The Hall–Kier alpha value is -3.25. The number of imidazole rings is 1. The van der Waals surface area contributed by atoms with Crippen LogP contribution >= 0.6 is 11.8 Å². The van der Waals surface area contributed by atoms with Crippen LogP contribution in [0.15, 0.2) is 90.1 Å². The standard InChI is InChI=1S/C22H20N4OS/c1-25-20-15-9-8-14-19(20)23-22(25)28-16-21(27)24-26(17-10-4-2-5-11-17)18-12-6-3-7-13-18/h2-15H,16H2,1H3,(H,24,27)/p+1. The van der Waals surface area contributed by atoms with Gasteiger partial charge in [0.15, 0.2) is 11.0 Å². The molecule has 0 saturated heterocycles. The van der Waals surface area contributed by atoms with E-state index >= 15 is 0 Å². The van der Waals surface area contributed by atoms with E-state index in [0.717, 1.165) is 27.6 Å². The summed E-state index contributed by atoms with van der Waals surface area (Å²) >= 11 is 1.48. The number of carbonyl (C=O) groups is 1. The molecule has 2 N–H and O–H groups in total. The molecule has 0 unspecified atom stereocenters. The van der Waals surface area contributed by atoms with Crippen molar-refractivity contribution in [2.75, 3.05) is 10.8 Å². The van der Waals surface area contributed by atoms with Gasteiger partial charge in [-0.15, -0.1) is 0 Å². The number of anilines is 2. The third-order valence-electron chi connectivity index (χ3n) is 4.42. The van der Waals surface area contributed by atoms with Crippen LogP contribution in [0.4, 0.5) is 11.4 Å². The highest BCUT2D eigenvalue weighted by Crippen LogP contribution is 2.23. The molecular weight excluding hydrogens is 368 g/mol. The highest BCUT2D eigenvalue weighted by atomic mass is 32.2. The summed E-state index contributed by atoms with van der Waals surface area (Å²) in [4.78, 5) is 16.1. The zero-order valence-electron chi connectivity index (χ0n) is 15.5. The fourth-order valence-electron chi connectivity index (χ4n) is 3.04. The van der Waals surface area contributed by atoms with Crippen LogP contribution in [-0.2, 0) is 11.8 Å². The third-order valence-corrected chi connectivity index (χ3v) is 5.47. The second-order valence-electron chi connectivity index (χ2n) is 6.34. The molecule has 4 rings (SSSR count). The maximum Gasteiger partial charge on any atom is 0.317 e. The second-order valence-corrected chi connectivity index (χ2v) is 7.30. The van der Waals surface area contributed by atoms with Gasteiger partial charge in [0.25, 0.3) is 0 Å². The van der Waals surface area contributed by atoms with Crippen LogP contribution in [-0.4, -0.2) is 16.6 Å². The van der Waals surface area contributed by atoms with E-state index in [1.54, 1.807) is 0 Å². The van der Waals surface area contributed by atoms with Gasteiger partial charge in [-0.05, 0) is 48.2 Å². The van der Waals surface area contributed by atoms with E-state index in [4.69, 9.17) is 0 Å². The van der Waals surface area contributed by atoms with E-state index in [-0.39, 0.29) is 5.91 Å². The van der Waals surface area contributed by atoms with E-state index in [1.165, 1.54) is 11.8 Å². The predicted molar refractivity (Wildman–Crippen MR) is 113 cm³/mol. The molecule has 6 heteroatoms. The van der Waals surface area contributed by atoms with Gasteiger partial charge in [0.05, 0.1) is 24.2 Å². The lowest BCUT2D eigenvalue weighted by Crippen LogP contribution is -2.40. The number of para-hydroxylation sites is 4. The van der Waals surface area contributed by atoms with Gasteiger partial charge in [0, 0.05) is 0 Å². The number of aromatic nitrogens is 2. The molecule has 0 aliphatic heterocycles. The lowest BCUT2D eigenvalue weighted by Gasteiger charge is -2.25. The average Bonchev–Trinajstić information content (AvgIpc) is 3.07. The van der Waals surface area contributed by atoms with Crippen LogP contribution in [0.2, 0.25) is 0 Å². The molecule has 5 nitrogen and oxygen atoms in total. The van der Waals surface area contributed by atoms with Gasteiger partial charge in [0.2, 0.25) is 5.91 Å². The molecule has 3 aromatic carbocycles. The van der Waals surface area contributed by atoms with Gasteiger partial charge >= 0.3 is 5.16 Å². The van der Waals surface area contributed by atoms with Crippen LogP contribution in [0, 0.1) is 0 Å². The highest BCUT2D eigenvalue weighted by molar-refractivity contribution is 7.99. The molecule has 0 aliphatic rings. The Morgan fingerprint density at radius 2 is 1.50 bits per heavy atom. The van der Waals surface area contributed by atoms with Gasteiger partial charge in [-0.1, -0.05) is 48.5 Å². The average molecular weight is 390 g/mol. The molecule has 1 aromatic heterocycles. The zero-order valence-corrected chi connectivity index (χ0v) is 16.3. The quantitative estimate of drug-likeness (QED) is 0.298. The smallest absolute Gasteiger partial charge is 0.272 e. The fraction of sp³-hybridized carbons (Fsp3) is 0.0909. The summed E-state index contributed by atoms with van der Waals surface area (Å²) in [7, 11) is 2.00. The predicted octanol–water partition coefficient (Wildman–Crippen LogP) is 3.95. The van der Waals surface area contributed by atoms with Crippen molar-refractivity contribution in [3.63, 3.8) is 0 Å². The summed E-state index contributed by atoms with van der Waals surface area (Å²) in [6.07, 6.45) is 0. The van der Waals surface area contributed by atoms with Gasteiger partial charge in [-0.3, -0.25) is 15.2 Å². The first-order valence-corrected chi connectivity index (χ1v) is 10.0. The number of aromatic amines is 1. The van der Waals surface area contributed by atoms with E-state index in [1.807, 2.05) is 90.9 Å². The molecule has 0 bridgehead atoms. The first kappa shape index (κ1) is 18.1. The number of benzene rings is 3. The van der Waals surface area contributed by atoms with E-state index < -0.39 is 0 Å². The number of fused-ring (bicyclic) bond motifs is 1. The normalized spacial score (nSPS) is 10.8. The highest BCUT2D eigenvalue weighted by Gasteiger charge is 2.18. The number of amides is 1. The summed E-state index contributed by atoms with van der Waals surface area (Å²) < 4.78 is 2.07. The number of carbonyl (C=O) groups excluding carboxylic acids is 1. The molecule has 0 radical (unpaired) electrons. The van der Waals surface area contributed by atoms with Gasteiger partial charge in [0.1, 0.15) is 0 Å². The van der Waals surface area contributed by atoms with Crippen LogP contribution < -0.4 is 15.0 Å². The Bertz CT molecular complexity index is 1040. The Kier molecular flexibility index (Phi) is 5.30. The second kappa shape index (κ2) is 8.19. The molecule has 0 atom stereocenters. The number of aryl methyl sites for hydroxylation is 1. The van der Waals surface area contributed by atoms with E-state index in [0.29, 0.717) is 5.75 Å². The van der Waals surface area contributed by atoms with Crippen molar-refractivity contribution in [1.82, 2.24) is 10.4 Å². The van der Waals surface area contributed by atoms with Crippen molar-refractivity contribution in [3.05, 3.63) is 84.9 Å². The Morgan fingerprint density at radius 1 is 0.929 bits per heavy atom. The summed E-state index contributed by atoms with van der Waals surface area (Å²) in [6, 6.07) is 27.7. The van der Waals surface area contributed by atoms with Crippen molar-refractivity contribution >= 4 is 40.1 Å². The molecule has 0 aliphatic carbocycles. The van der Waals surface area contributed by atoms with Gasteiger partial charge < -0.3 is 0 Å². The number of H-pyrrole nitrogens is 1. The summed E-state index contributed by atoms with van der Waals surface area (Å²) in [5, 5.41) is 2.76. The Balaban J connectivity index is 1.49. The molecule has 0 saturated carbocycles. The van der Waals surface area contributed by atoms with Crippen molar-refractivity contribution in [3.8, 4) is 0 Å². The lowest BCUT2D eigenvalue weighted by atomic mass is 10.2. The van der Waals surface area contributed by atoms with E-state index in [2.05, 4.69) is 21.0 Å². The molecule has 140 valence electrons. The van der Waals surface area contributed by atoms with Crippen LogP contribution in [0.1, 0.15) is 0 Å². The maximum atomic E-state index is 12.7. The van der Waals surface area contributed by atoms with E-state index in [9.17, 15) is 4.79 Å². The largest absolute Gasteiger partial charge is 0.317 e. The first-order chi connectivity index (χ1) is 13.7. The lowest BCUT2D eigenvalue weighted by molar-refractivity contribution is -0.683. The van der Waals surface area contributed by atoms with Crippen molar-refractivity contribution in [2.24, 2.45) is 7.05 Å². The number of hydrogen-bond acceptors (Lipinski definition) is 3. The maximum absolute atomic E-state index is 12.7. The number of hydrogen-bond donors (Lipinski definition) is 2. The zero-order chi connectivity index (χ0) is 19.3. The minimum Gasteiger partial charge on any atom is -0.272 e. The number of thioether (sulfide) groups is 1. The summed E-state index contributed by atoms with van der Waals surface area (Å²) in [5.41, 5.74) is 7.01. The molecule has 0 spiro atoms. The fourth-order valence-corrected chi connectivity index (χ4v) is 3.84. The molecular formula is C22H21N4OS+. The Labute approximate surface area is 168 Å². The molecule has 4 aromatic rings. The number of nitrogens with zero attached hydrogens (tertiary/aromatic N) is 2.